The molecule has 0 radical (unpaired) electrons. The largest absolute Gasteiger partial charge is 0.475 e. The molecule has 1 atom stereocenters. The highest BCUT2D eigenvalue weighted by Crippen LogP contribution is 2.28. The number of fused-ring (bicyclic) bond motifs is 1. The van der Waals surface area contributed by atoms with Crippen LogP contribution in [0.3, 0.4) is 0 Å². The number of hydrogen-bond donors (Lipinski definition) is 0. The van der Waals surface area contributed by atoms with Crippen LogP contribution in [0.2, 0.25) is 0 Å². The van der Waals surface area contributed by atoms with Crippen molar-refractivity contribution >= 4 is 27.3 Å². The summed E-state index contributed by atoms with van der Waals surface area (Å²) in [6.45, 7) is 5.20. The van der Waals surface area contributed by atoms with Gasteiger partial charge in [0.2, 0.25) is 5.90 Å². The lowest BCUT2D eigenvalue weighted by Crippen LogP contribution is -2.09. The Kier molecular flexibility index (Phi) is 3.08. The topological polar surface area (TPSA) is 21.6 Å². The summed E-state index contributed by atoms with van der Waals surface area (Å²) in [4.78, 5) is 5.85. The Balaban J connectivity index is 1.86. The van der Waals surface area contributed by atoms with E-state index in [1.807, 2.05) is 0 Å². The monoisotopic (exact) mass is 259 g/mol. The lowest BCUT2D eigenvalue weighted by atomic mass is 10.1. The van der Waals surface area contributed by atoms with Crippen molar-refractivity contribution in [2.75, 3.05) is 6.61 Å². The zero-order valence-electron chi connectivity index (χ0n) is 10.7. The van der Waals surface area contributed by atoms with Crippen LogP contribution in [0.15, 0.2) is 35.3 Å². The summed E-state index contributed by atoms with van der Waals surface area (Å²) in [5.41, 5.74) is 0. The predicted octanol–water partition coefficient (Wildman–Crippen LogP) is 4.09. The molecule has 18 heavy (non-hydrogen) atoms. The quantitative estimate of drug-likeness (QED) is 0.813. The predicted molar refractivity (Wildman–Crippen MR) is 77.6 cm³/mol. The average molecular weight is 259 g/mol. The Morgan fingerprint density at radius 2 is 2.22 bits per heavy atom. The molecule has 1 aliphatic heterocycles. The summed E-state index contributed by atoms with van der Waals surface area (Å²) in [6, 6.07) is 10.9. The number of hydrogen-bond acceptors (Lipinski definition) is 3. The maximum atomic E-state index is 5.74. The minimum absolute atomic E-state index is 0.338. The summed E-state index contributed by atoms with van der Waals surface area (Å²) >= 11 is 1.76. The van der Waals surface area contributed by atoms with Gasteiger partial charge in [0, 0.05) is 4.70 Å². The fourth-order valence-corrected chi connectivity index (χ4v) is 3.32. The second-order valence-electron chi connectivity index (χ2n) is 5.18. The highest BCUT2D eigenvalue weighted by molar-refractivity contribution is 7.20. The van der Waals surface area contributed by atoms with Crippen molar-refractivity contribution in [3.63, 3.8) is 0 Å². The first-order valence-electron chi connectivity index (χ1n) is 6.42. The molecular formula is C15H17NOS. The van der Waals surface area contributed by atoms with Gasteiger partial charge < -0.3 is 4.74 Å². The molecule has 2 heterocycles. The van der Waals surface area contributed by atoms with Gasteiger partial charge in [-0.15, -0.1) is 11.3 Å². The SMILES string of the molecule is CC(C)C[C@H]1COC(c2cc3ccccc3s2)=N1. The van der Waals surface area contributed by atoms with E-state index in [1.54, 1.807) is 11.3 Å². The van der Waals surface area contributed by atoms with E-state index in [0.29, 0.717) is 12.0 Å². The molecule has 2 nitrogen and oxygen atoms in total. The van der Waals surface area contributed by atoms with Crippen molar-refractivity contribution < 1.29 is 4.74 Å². The second-order valence-corrected chi connectivity index (χ2v) is 6.26. The molecule has 1 aromatic carbocycles. The molecule has 0 bridgehead atoms. The molecule has 2 aromatic rings. The molecule has 0 spiro atoms. The van der Waals surface area contributed by atoms with Crippen LogP contribution in [0.25, 0.3) is 10.1 Å². The van der Waals surface area contributed by atoms with Gasteiger partial charge in [-0.25, -0.2) is 4.99 Å². The van der Waals surface area contributed by atoms with Crippen molar-refractivity contribution in [1.29, 1.82) is 0 Å². The van der Waals surface area contributed by atoms with Crippen LogP contribution in [0, 0.1) is 5.92 Å². The molecule has 0 aliphatic carbocycles. The molecule has 0 N–H and O–H groups in total. The lowest BCUT2D eigenvalue weighted by molar-refractivity contribution is 0.302. The minimum Gasteiger partial charge on any atom is -0.475 e. The van der Waals surface area contributed by atoms with Gasteiger partial charge in [-0.3, -0.25) is 0 Å². The zero-order chi connectivity index (χ0) is 12.5. The third kappa shape index (κ3) is 2.27. The molecule has 0 unspecified atom stereocenters. The first-order chi connectivity index (χ1) is 8.72. The van der Waals surface area contributed by atoms with E-state index in [1.165, 1.54) is 10.1 Å². The number of thiophene rings is 1. The Bertz CT molecular complexity index is 552. The maximum absolute atomic E-state index is 5.74. The van der Waals surface area contributed by atoms with Crippen LogP contribution in [0.5, 0.6) is 0 Å². The minimum atomic E-state index is 0.338. The summed E-state index contributed by atoms with van der Waals surface area (Å²) in [5.74, 6) is 1.51. The number of ether oxygens (including phenoxy) is 1. The highest BCUT2D eigenvalue weighted by Gasteiger charge is 2.22. The Labute approximate surface area is 111 Å². The number of aliphatic imine (C=N–C) groups is 1. The van der Waals surface area contributed by atoms with Gasteiger partial charge in [-0.1, -0.05) is 32.0 Å². The summed E-state index contributed by atoms with van der Waals surface area (Å²) in [7, 11) is 0. The fraction of sp³-hybridized carbons (Fsp3) is 0.400. The number of benzene rings is 1. The van der Waals surface area contributed by atoms with Gasteiger partial charge >= 0.3 is 0 Å². The summed E-state index contributed by atoms with van der Waals surface area (Å²) in [5, 5.41) is 1.27. The van der Waals surface area contributed by atoms with Crippen LogP contribution in [-0.4, -0.2) is 18.5 Å². The maximum Gasteiger partial charge on any atom is 0.226 e. The third-order valence-electron chi connectivity index (χ3n) is 3.09. The summed E-state index contributed by atoms with van der Waals surface area (Å²) < 4.78 is 7.04. The van der Waals surface area contributed by atoms with E-state index in [9.17, 15) is 0 Å². The molecule has 0 saturated carbocycles. The molecule has 94 valence electrons. The van der Waals surface area contributed by atoms with Crippen LogP contribution in [0.4, 0.5) is 0 Å². The Morgan fingerprint density at radius 3 is 3.00 bits per heavy atom. The van der Waals surface area contributed by atoms with Crippen molar-refractivity contribution in [3.05, 3.63) is 35.2 Å². The van der Waals surface area contributed by atoms with Crippen LogP contribution in [0.1, 0.15) is 25.1 Å². The van der Waals surface area contributed by atoms with Gasteiger partial charge in [0.1, 0.15) is 6.61 Å². The van der Waals surface area contributed by atoms with Gasteiger partial charge in [0.05, 0.1) is 10.9 Å². The van der Waals surface area contributed by atoms with Crippen molar-refractivity contribution in [2.24, 2.45) is 10.9 Å². The first-order valence-corrected chi connectivity index (χ1v) is 7.23. The van der Waals surface area contributed by atoms with E-state index in [2.05, 4.69) is 44.2 Å². The van der Waals surface area contributed by atoms with Crippen LogP contribution < -0.4 is 0 Å². The molecule has 0 saturated heterocycles. The third-order valence-corrected chi connectivity index (χ3v) is 4.20. The molecular weight excluding hydrogens is 242 g/mol. The van der Waals surface area contributed by atoms with Gasteiger partial charge in [0.15, 0.2) is 0 Å². The van der Waals surface area contributed by atoms with Crippen molar-refractivity contribution in [3.8, 4) is 0 Å². The number of nitrogens with zero attached hydrogens (tertiary/aromatic N) is 1. The smallest absolute Gasteiger partial charge is 0.226 e. The van der Waals surface area contributed by atoms with Gasteiger partial charge in [-0.2, -0.15) is 0 Å². The molecule has 0 amide bonds. The highest BCUT2D eigenvalue weighted by atomic mass is 32.1. The molecule has 3 rings (SSSR count). The normalized spacial score (nSPS) is 19.3. The molecule has 1 aliphatic rings. The van der Waals surface area contributed by atoms with Crippen molar-refractivity contribution in [1.82, 2.24) is 0 Å². The fourth-order valence-electron chi connectivity index (χ4n) is 2.30. The first kappa shape index (κ1) is 11.7. The number of rotatable bonds is 3. The summed E-state index contributed by atoms with van der Waals surface area (Å²) in [6.07, 6.45) is 1.11. The average Bonchev–Trinajstić information content (AvgIpc) is 2.93. The molecule has 3 heteroatoms. The van der Waals surface area contributed by atoms with E-state index < -0.39 is 0 Å². The lowest BCUT2D eigenvalue weighted by Gasteiger charge is -2.06. The van der Waals surface area contributed by atoms with Crippen molar-refractivity contribution in [2.45, 2.75) is 26.3 Å². The van der Waals surface area contributed by atoms with E-state index in [-0.39, 0.29) is 0 Å². The van der Waals surface area contributed by atoms with E-state index in [4.69, 9.17) is 9.73 Å². The molecule has 0 fully saturated rings. The molecule has 1 aromatic heterocycles. The van der Waals surface area contributed by atoms with E-state index >= 15 is 0 Å². The van der Waals surface area contributed by atoms with Gasteiger partial charge in [0.25, 0.3) is 0 Å². The standard InChI is InChI=1S/C15H17NOS/c1-10(2)7-12-9-17-15(16-12)14-8-11-5-3-4-6-13(11)18-14/h3-6,8,10,12H,7,9H2,1-2H3/t12-/m0/s1. The Hall–Kier alpha value is -1.35. The van der Waals surface area contributed by atoms with E-state index in [0.717, 1.165) is 23.8 Å². The van der Waals surface area contributed by atoms with Crippen LogP contribution >= 0.6 is 11.3 Å². The van der Waals surface area contributed by atoms with Gasteiger partial charge in [-0.05, 0) is 29.9 Å². The van der Waals surface area contributed by atoms with Crippen LogP contribution in [-0.2, 0) is 4.74 Å². The zero-order valence-corrected chi connectivity index (χ0v) is 11.5. The Morgan fingerprint density at radius 1 is 1.39 bits per heavy atom. The second kappa shape index (κ2) is 4.73.